The van der Waals surface area contributed by atoms with Crippen molar-refractivity contribution in [2.24, 2.45) is 0 Å². The molecule has 1 heterocycles. The Kier molecular flexibility index (Phi) is 4.22. The second kappa shape index (κ2) is 5.27. The first-order chi connectivity index (χ1) is 7.81. The molecule has 1 atom stereocenters. The molecule has 0 unspecified atom stereocenters. The molecule has 0 fully saturated rings. The minimum atomic E-state index is -3.29. The molecule has 1 amide bonds. The number of carbonyl (C=O) groups excluding carboxylic acids is 1. The van der Waals surface area contributed by atoms with E-state index < -0.39 is 21.5 Å². The second-order valence-corrected chi connectivity index (χ2v) is 6.18. The van der Waals surface area contributed by atoms with E-state index in [-0.39, 0.29) is 6.04 Å². The second-order valence-electron chi connectivity index (χ2n) is 4.04. The standard InChI is InChI=1S/C11H16N2O3S/c1-9(10-5-4-6-12-7-10)13(2)11(14)8-17(3,15)16/h4-7,9H,8H2,1-3H3/t9-/m0/s1. The molecule has 5 nitrogen and oxygen atoms in total. The lowest BCUT2D eigenvalue weighted by Crippen LogP contribution is -2.34. The molecular weight excluding hydrogens is 240 g/mol. The van der Waals surface area contributed by atoms with Crippen LogP contribution >= 0.6 is 0 Å². The fourth-order valence-electron chi connectivity index (χ4n) is 1.39. The molecule has 0 radical (unpaired) electrons. The SMILES string of the molecule is C[C@@H](c1cccnc1)N(C)C(=O)CS(C)(=O)=O. The van der Waals surface area contributed by atoms with Gasteiger partial charge in [-0.15, -0.1) is 0 Å². The van der Waals surface area contributed by atoms with Gasteiger partial charge < -0.3 is 4.90 Å². The van der Waals surface area contributed by atoms with Gasteiger partial charge in [-0.2, -0.15) is 0 Å². The molecule has 1 aromatic heterocycles. The van der Waals surface area contributed by atoms with Gasteiger partial charge in [-0.1, -0.05) is 6.07 Å². The van der Waals surface area contributed by atoms with Crippen molar-refractivity contribution in [1.82, 2.24) is 9.88 Å². The zero-order valence-corrected chi connectivity index (χ0v) is 10.9. The molecule has 0 aliphatic heterocycles. The van der Waals surface area contributed by atoms with Gasteiger partial charge in [0.2, 0.25) is 5.91 Å². The Labute approximate surface area is 101 Å². The van der Waals surface area contributed by atoms with Gasteiger partial charge >= 0.3 is 0 Å². The van der Waals surface area contributed by atoms with E-state index in [2.05, 4.69) is 4.98 Å². The van der Waals surface area contributed by atoms with Gasteiger partial charge in [0.15, 0.2) is 9.84 Å². The lowest BCUT2D eigenvalue weighted by atomic mass is 10.1. The summed E-state index contributed by atoms with van der Waals surface area (Å²) in [5, 5.41) is 0. The predicted molar refractivity (Wildman–Crippen MR) is 65.1 cm³/mol. The van der Waals surface area contributed by atoms with Gasteiger partial charge in [-0.25, -0.2) is 8.42 Å². The topological polar surface area (TPSA) is 67.3 Å². The fourth-order valence-corrected chi connectivity index (χ4v) is 2.04. The average Bonchev–Trinajstić information content (AvgIpc) is 2.26. The highest BCUT2D eigenvalue weighted by molar-refractivity contribution is 7.91. The van der Waals surface area contributed by atoms with Crippen molar-refractivity contribution in [2.75, 3.05) is 19.1 Å². The molecular formula is C11H16N2O3S. The zero-order chi connectivity index (χ0) is 13.1. The Bertz CT molecular complexity index is 485. The monoisotopic (exact) mass is 256 g/mol. The molecule has 0 spiro atoms. The summed E-state index contributed by atoms with van der Waals surface area (Å²) in [5.74, 6) is -0.877. The van der Waals surface area contributed by atoms with Crippen LogP contribution < -0.4 is 0 Å². The van der Waals surface area contributed by atoms with Crippen LogP contribution in [0.3, 0.4) is 0 Å². The number of pyridine rings is 1. The lowest BCUT2D eigenvalue weighted by molar-refractivity contribution is -0.129. The van der Waals surface area contributed by atoms with Crippen molar-refractivity contribution < 1.29 is 13.2 Å². The number of rotatable bonds is 4. The molecule has 0 aromatic carbocycles. The van der Waals surface area contributed by atoms with Crippen LogP contribution in [-0.4, -0.2) is 43.3 Å². The maximum absolute atomic E-state index is 11.7. The van der Waals surface area contributed by atoms with Gasteiger partial charge in [-0.3, -0.25) is 9.78 Å². The third-order valence-corrected chi connectivity index (χ3v) is 3.30. The molecule has 1 aromatic rings. The number of hydrogen-bond acceptors (Lipinski definition) is 4. The highest BCUT2D eigenvalue weighted by Crippen LogP contribution is 2.17. The Hall–Kier alpha value is -1.43. The van der Waals surface area contributed by atoms with Crippen LogP contribution in [-0.2, 0) is 14.6 Å². The summed E-state index contributed by atoms with van der Waals surface area (Å²) in [7, 11) is -1.70. The smallest absolute Gasteiger partial charge is 0.238 e. The van der Waals surface area contributed by atoms with Crippen LogP contribution in [0, 0.1) is 0 Å². The molecule has 1 rings (SSSR count). The van der Waals surface area contributed by atoms with Gasteiger partial charge in [-0.05, 0) is 18.6 Å². The Balaban J connectivity index is 2.77. The minimum absolute atomic E-state index is 0.196. The summed E-state index contributed by atoms with van der Waals surface area (Å²) in [6.45, 7) is 1.83. The lowest BCUT2D eigenvalue weighted by Gasteiger charge is -2.24. The van der Waals surface area contributed by atoms with Crippen molar-refractivity contribution in [3.05, 3.63) is 30.1 Å². The van der Waals surface area contributed by atoms with E-state index in [4.69, 9.17) is 0 Å². The van der Waals surface area contributed by atoms with Gasteiger partial charge in [0.25, 0.3) is 0 Å². The van der Waals surface area contributed by atoms with Crippen LogP contribution in [0.1, 0.15) is 18.5 Å². The molecule has 0 bridgehead atoms. The maximum Gasteiger partial charge on any atom is 0.238 e. The summed E-state index contributed by atoms with van der Waals surface area (Å²) in [4.78, 5) is 17.1. The molecule has 0 aliphatic rings. The summed E-state index contributed by atoms with van der Waals surface area (Å²) in [6, 6.07) is 3.43. The highest BCUT2D eigenvalue weighted by atomic mass is 32.2. The van der Waals surface area contributed by atoms with E-state index in [0.29, 0.717) is 0 Å². The number of hydrogen-bond donors (Lipinski definition) is 0. The quantitative estimate of drug-likeness (QED) is 0.793. The fraction of sp³-hybridized carbons (Fsp3) is 0.455. The van der Waals surface area contributed by atoms with Gasteiger partial charge in [0.05, 0.1) is 6.04 Å². The number of nitrogens with zero attached hydrogens (tertiary/aromatic N) is 2. The first-order valence-electron chi connectivity index (χ1n) is 5.14. The van der Waals surface area contributed by atoms with Crippen molar-refractivity contribution in [3.63, 3.8) is 0 Å². The maximum atomic E-state index is 11.7. The molecule has 0 saturated carbocycles. The molecule has 0 saturated heterocycles. The number of carbonyl (C=O) groups is 1. The van der Waals surface area contributed by atoms with Crippen LogP contribution in [0.5, 0.6) is 0 Å². The Morgan fingerprint density at radius 1 is 1.53 bits per heavy atom. The molecule has 6 heteroatoms. The highest BCUT2D eigenvalue weighted by Gasteiger charge is 2.20. The van der Waals surface area contributed by atoms with Gasteiger partial charge in [0.1, 0.15) is 5.75 Å². The van der Waals surface area contributed by atoms with Crippen molar-refractivity contribution in [3.8, 4) is 0 Å². The summed E-state index contributed by atoms with van der Waals surface area (Å²) in [6.07, 6.45) is 4.36. The number of sulfone groups is 1. The molecule has 17 heavy (non-hydrogen) atoms. The van der Waals surface area contributed by atoms with Crippen molar-refractivity contribution in [1.29, 1.82) is 0 Å². The average molecular weight is 256 g/mol. The molecule has 94 valence electrons. The van der Waals surface area contributed by atoms with Crippen LogP contribution in [0.15, 0.2) is 24.5 Å². The number of aromatic nitrogens is 1. The largest absolute Gasteiger partial charge is 0.338 e. The van der Waals surface area contributed by atoms with Crippen molar-refractivity contribution in [2.45, 2.75) is 13.0 Å². The van der Waals surface area contributed by atoms with E-state index in [0.717, 1.165) is 11.8 Å². The third-order valence-electron chi connectivity index (χ3n) is 2.53. The first-order valence-corrected chi connectivity index (χ1v) is 7.20. The van der Waals surface area contributed by atoms with Gasteiger partial charge in [0, 0.05) is 25.7 Å². The van der Waals surface area contributed by atoms with Crippen LogP contribution in [0.4, 0.5) is 0 Å². The van der Waals surface area contributed by atoms with Crippen molar-refractivity contribution >= 4 is 15.7 Å². The Morgan fingerprint density at radius 2 is 2.18 bits per heavy atom. The van der Waals surface area contributed by atoms with E-state index in [1.165, 1.54) is 4.90 Å². The van der Waals surface area contributed by atoms with Crippen LogP contribution in [0.25, 0.3) is 0 Å². The minimum Gasteiger partial charge on any atom is -0.338 e. The third kappa shape index (κ3) is 4.14. The normalized spacial score (nSPS) is 13.1. The van der Waals surface area contributed by atoms with Crippen LogP contribution in [0.2, 0.25) is 0 Å². The van der Waals surface area contributed by atoms with E-state index in [1.807, 2.05) is 13.0 Å². The molecule has 0 aliphatic carbocycles. The summed E-state index contributed by atoms with van der Waals surface area (Å²) in [5.41, 5.74) is 0.872. The van der Waals surface area contributed by atoms with E-state index >= 15 is 0 Å². The zero-order valence-electron chi connectivity index (χ0n) is 10.1. The summed E-state index contributed by atoms with van der Waals surface area (Å²) < 4.78 is 22.1. The first kappa shape index (κ1) is 13.6. The number of amides is 1. The Morgan fingerprint density at radius 3 is 2.65 bits per heavy atom. The van der Waals surface area contributed by atoms with E-state index in [1.54, 1.807) is 25.5 Å². The van der Waals surface area contributed by atoms with E-state index in [9.17, 15) is 13.2 Å². The molecule has 0 N–H and O–H groups in total. The summed E-state index contributed by atoms with van der Waals surface area (Å²) >= 11 is 0. The predicted octanol–water partition coefficient (Wildman–Crippen LogP) is 0.646.